The fourth-order valence-electron chi connectivity index (χ4n) is 1.50. The van der Waals surface area contributed by atoms with Gasteiger partial charge >= 0.3 is 11.9 Å². The first kappa shape index (κ1) is 17.6. The Morgan fingerprint density at radius 3 is 2.52 bits per heavy atom. The summed E-state index contributed by atoms with van der Waals surface area (Å²) in [6.07, 6.45) is -0.117. The maximum atomic E-state index is 12.1. The molecule has 1 rings (SSSR count). The van der Waals surface area contributed by atoms with Gasteiger partial charge in [0.25, 0.3) is 0 Å². The van der Waals surface area contributed by atoms with Gasteiger partial charge in [-0.1, -0.05) is 15.9 Å². The second-order valence-electron chi connectivity index (χ2n) is 4.11. The number of hydrogen-bond acceptors (Lipinski definition) is 5. The molecule has 7 nitrogen and oxygen atoms in total. The average molecular weight is 380 g/mol. The van der Waals surface area contributed by atoms with Gasteiger partial charge in [-0.25, -0.2) is 17.9 Å². The normalized spacial score (nSPS) is 11.2. The largest absolute Gasteiger partial charge is 0.478 e. The minimum Gasteiger partial charge on any atom is -0.478 e. The molecule has 21 heavy (non-hydrogen) atoms. The molecule has 116 valence electrons. The zero-order valence-corrected chi connectivity index (χ0v) is 13.7. The van der Waals surface area contributed by atoms with E-state index in [9.17, 15) is 18.0 Å². The van der Waals surface area contributed by atoms with E-state index in [0.717, 1.165) is 6.07 Å². The summed E-state index contributed by atoms with van der Waals surface area (Å²) in [5.74, 6) is -1.77. The third kappa shape index (κ3) is 4.51. The van der Waals surface area contributed by atoms with Crippen LogP contribution in [0.15, 0.2) is 21.5 Å². The number of methoxy groups -OCH3 is 1. The van der Waals surface area contributed by atoms with Gasteiger partial charge in [0.05, 0.1) is 24.0 Å². The molecule has 1 aromatic carbocycles. The number of ether oxygens (including phenoxy) is 1. The monoisotopic (exact) mass is 379 g/mol. The van der Waals surface area contributed by atoms with E-state index in [0.29, 0.717) is 10.0 Å². The molecule has 0 saturated carbocycles. The van der Waals surface area contributed by atoms with Crippen LogP contribution in [0.2, 0.25) is 0 Å². The van der Waals surface area contributed by atoms with Crippen LogP contribution in [-0.4, -0.2) is 39.1 Å². The van der Waals surface area contributed by atoms with Gasteiger partial charge < -0.3 is 9.84 Å². The first-order chi connectivity index (χ1) is 9.69. The maximum absolute atomic E-state index is 12.1. The van der Waals surface area contributed by atoms with Crippen molar-refractivity contribution in [2.45, 2.75) is 18.2 Å². The van der Waals surface area contributed by atoms with Crippen molar-refractivity contribution in [3.8, 4) is 0 Å². The smallest absolute Gasteiger partial charge is 0.336 e. The standard InChI is InChI=1S/C12H14BrNO6S/c1-7-9(12(16)17)5-8(6-10(7)13)21(18,19)14-4-3-11(15)20-2/h5-6,14H,3-4H2,1-2H3,(H,16,17). The van der Waals surface area contributed by atoms with Crippen LogP contribution >= 0.6 is 15.9 Å². The Labute approximate surface area is 130 Å². The van der Waals surface area contributed by atoms with Crippen molar-refractivity contribution in [1.82, 2.24) is 4.72 Å². The molecular weight excluding hydrogens is 366 g/mol. The van der Waals surface area contributed by atoms with Gasteiger partial charge in [0, 0.05) is 11.0 Å². The van der Waals surface area contributed by atoms with E-state index >= 15 is 0 Å². The number of carboxylic acids is 1. The quantitative estimate of drug-likeness (QED) is 0.720. The van der Waals surface area contributed by atoms with Crippen LogP contribution in [0, 0.1) is 6.92 Å². The molecule has 0 bridgehead atoms. The van der Waals surface area contributed by atoms with Gasteiger partial charge in [0.2, 0.25) is 10.0 Å². The number of halogens is 1. The van der Waals surface area contributed by atoms with Gasteiger partial charge in [-0.05, 0) is 24.6 Å². The number of sulfonamides is 1. The van der Waals surface area contributed by atoms with Crippen LogP contribution < -0.4 is 4.72 Å². The maximum Gasteiger partial charge on any atom is 0.336 e. The molecule has 1 aromatic rings. The van der Waals surface area contributed by atoms with E-state index < -0.39 is 22.0 Å². The molecule has 0 aliphatic rings. The van der Waals surface area contributed by atoms with Crippen molar-refractivity contribution in [2.75, 3.05) is 13.7 Å². The second kappa shape index (κ2) is 7.01. The van der Waals surface area contributed by atoms with E-state index in [1.165, 1.54) is 13.2 Å². The van der Waals surface area contributed by atoms with E-state index in [-0.39, 0.29) is 23.4 Å². The number of esters is 1. The Morgan fingerprint density at radius 2 is 2.00 bits per heavy atom. The highest BCUT2D eigenvalue weighted by Gasteiger charge is 2.20. The van der Waals surface area contributed by atoms with Gasteiger partial charge in [-0.15, -0.1) is 0 Å². The van der Waals surface area contributed by atoms with Crippen LogP contribution in [0.3, 0.4) is 0 Å². The van der Waals surface area contributed by atoms with Crippen molar-refractivity contribution in [3.05, 3.63) is 27.7 Å². The van der Waals surface area contributed by atoms with Crippen LogP contribution in [0.1, 0.15) is 22.3 Å². The molecule has 0 spiro atoms. The fraction of sp³-hybridized carbons (Fsp3) is 0.333. The first-order valence-corrected chi connectivity index (χ1v) is 8.06. The topological polar surface area (TPSA) is 110 Å². The number of rotatable bonds is 6. The molecule has 9 heteroatoms. The molecule has 0 fully saturated rings. The zero-order chi connectivity index (χ0) is 16.2. The summed E-state index contributed by atoms with van der Waals surface area (Å²) < 4.78 is 31.1. The van der Waals surface area contributed by atoms with Crippen LogP contribution in [0.5, 0.6) is 0 Å². The molecule has 0 aliphatic carbocycles. The van der Waals surface area contributed by atoms with Crippen molar-refractivity contribution in [1.29, 1.82) is 0 Å². The molecule has 0 saturated heterocycles. The lowest BCUT2D eigenvalue weighted by molar-refractivity contribution is -0.140. The third-order valence-electron chi connectivity index (χ3n) is 2.71. The van der Waals surface area contributed by atoms with Crippen LogP contribution in [-0.2, 0) is 19.6 Å². The van der Waals surface area contributed by atoms with E-state index in [1.807, 2.05) is 0 Å². The van der Waals surface area contributed by atoms with Crippen molar-refractivity contribution < 1.29 is 27.9 Å². The predicted octanol–water partition coefficient (Wildman–Crippen LogP) is 1.30. The van der Waals surface area contributed by atoms with Gasteiger partial charge in [0.1, 0.15) is 0 Å². The Morgan fingerprint density at radius 1 is 1.38 bits per heavy atom. The van der Waals surface area contributed by atoms with E-state index in [1.54, 1.807) is 6.92 Å². The van der Waals surface area contributed by atoms with E-state index in [2.05, 4.69) is 25.4 Å². The van der Waals surface area contributed by atoms with Gasteiger partial charge in [0.15, 0.2) is 0 Å². The van der Waals surface area contributed by atoms with Crippen molar-refractivity contribution >= 4 is 37.9 Å². The lowest BCUT2D eigenvalue weighted by Gasteiger charge is -2.10. The summed E-state index contributed by atoms with van der Waals surface area (Å²) in [7, 11) is -2.71. The Hall–Kier alpha value is -1.45. The number of hydrogen-bond donors (Lipinski definition) is 2. The van der Waals surface area contributed by atoms with Gasteiger partial charge in [-0.2, -0.15) is 0 Å². The van der Waals surface area contributed by atoms with Crippen molar-refractivity contribution in [2.24, 2.45) is 0 Å². The minimum atomic E-state index is -3.91. The Kier molecular flexibility index (Phi) is 5.87. The number of carbonyl (C=O) groups excluding carboxylic acids is 1. The summed E-state index contributed by atoms with van der Waals surface area (Å²) in [5.41, 5.74) is 0.314. The van der Waals surface area contributed by atoms with E-state index in [4.69, 9.17) is 5.11 Å². The predicted molar refractivity (Wildman–Crippen MR) is 77.7 cm³/mol. The first-order valence-electron chi connectivity index (χ1n) is 5.79. The van der Waals surface area contributed by atoms with Crippen molar-refractivity contribution in [3.63, 3.8) is 0 Å². The summed E-state index contributed by atoms with van der Waals surface area (Å²) in [5, 5.41) is 9.06. The third-order valence-corrected chi connectivity index (χ3v) is 4.97. The zero-order valence-electron chi connectivity index (χ0n) is 11.3. The molecule has 0 amide bonds. The number of carbonyl (C=O) groups is 2. The summed E-state index contributed by atoms with van der Waals surface area (Å²) in [4.78, 5) is 21.8. The lowest BCUT2D eigenvalue weighted by atomic mass is 10.1. The Balaban J connectivity index is 3.04. The molecule has 0 atom stereocenters. The van der Waals surface area contributed by atoms with Crippen LogP contribution in [0.25, 0.3) is 0 Å². The molecule has 0 unspecified atom stereocenters. The highest BCUT2D eigenvalue weighted by molar-refractivity contribution is 9.10. The molecule has 2 N–H and O–H groups in total. The SMILES string of the molecule is COC(=O)CCNS(=O)(=O)c1cc(Br)c(C)c(C(=O)O)c1. The fourth-order valence-corrected chi connectivity index (χ4v) is 3.20. The average Bonchev–Trinajstić information content (AvgIpc) is 2.40. The summed E-state index contributed by atoms with van der Waals surface area (Å²) in [6, 6.07) is 2.38. The van der Waals surface area contributed by atoms with Crippen LogP contribution in [0.4, 0.5) is 0 Å². The molecular formula is C12H14BrNO6S. The second-order valence-corrected chi connectivity index (χ2v) is 6.73. The number of carboxylic acid groups (broad SMARTS) is 1. The lowest BCUT2D eigenvalue weighted by Crippen LogP contribution is -2.27. The van der Waals surface area contributed by atoms with Gasteiger partial charge in [-0.3, -0.25) is 4.79 Å². The molecule has 0 aliphatic heterocycles. The number of nitrogens with one attached hydrogen (secondary N) is 1. The minimum absolute atomic E-state index is 0.113. The highest BCUT2D eigenvalue weighted by Crippen LogP contribution is 2.24. The number of aromatic carboxylic acids is 1. The Bertz CT molecular complexity index is 671. The summed E-state index contributed by atoms with van der Waals surface area (Å²) in [6.45, 7) is 1.43. The molecule has 0 radical (unpaired) electrons. The highest BCUT2D eigenvalue weighted by atomic mass is 79.9. The summed E-state index contributed by atoms with van der Waals surface area (Å²) >= 11 is 3.13. The number of benzene rings is 1. The molecule has 0 aromatic heterocycles. The molecule has 0 heterocycles.